The summed E-state index contributed by atoms with van der Waals surface area (Å²) in [6.07, 6.45) is 2.39. The van der Waals surface area contributed by atoms with Gasteiger partial charge in [0.2, 0.25) is 0 Å². The van der Waals surface area contributed by atoms with Gasteiger partial charge in [0.25, 0.3) is 0 Å². The van der Waals surface area contributed by atoms with Crippen molar-refractivity contribution in [1.29, 1.82) is 0 Å². The first-order valence-corrected chi connectivity index (χ1v) is 8.12. The molecule has 4 nitrogen and oxygen atoms in total. The molecule has 2 heterocycles. The number of anilines is 1. The number of hydrogen-bond acceptors (Lipinski definition) is 4. The lowest BCUT2D eigenvalue weighted by Crippen LogP contribution is -2.36. The fourth-order valence-electron chi connectivity index (χ4n) is 3.02. The zero-order valence-electron chi connectivity index (χ0n) is 12.7. The predicted molar refractivity (Wildman–Crippen MR) is 84.7 cm³/mol. The van der Waals surface area contributed by atoms with Crippen molar-refractivity contribution in [2.45, 2.75) is 19.4 Å². The smallest absolute Gasteiger partial charge is 0.0642 e. The first-order chi connectivity index (χ1) is 10.4. The number of morpholine rings is 1. The molecule has 0 spiro atoms. The molecule has 0 bridgehead atoms. The maximum atomic E-state index is 5.40. The molecular formula is C17H26N2O2. The molecule has 2 fully saturated rings. The first-order valence-electron chi connectivity index (χ1n) is 8.12. The van der Waals surface area contributed by atoms with Crippen LogP contribution in [0.15, 0.2) is 24.3 Å². The third-order valence-electron chi connectivity index (χ3n) is 4.42. The quantitative estimate of drug-likeness (QED) is 0.900. The summed E-state index contributed by atoms with van der Waals surface area (Å²) in [7, 11) is 0. The minimum atomic E-state index is 0.784. The van der Waals surface area contributed by atoms with Crippen molar-refractivity contribution in [2.24, 2.45) is 5.92 Å². The van der Waals surface area contributed by atoms with Crippen LogP contribution in [0.25, 0.3) is 0 Å². The SMILES string of the molecule is c1cc(N2CCOCC2)ccc1CNCC1CCOCC1. The zero-order chi connectivity index (χ0) is 14.3. The van der Waals surface area contributed by atoms with Crippen LogP contribution in [0.5, 0.6) is 0 Å². The summed E-state index contributed by atoms with van der Waals surface area (Å²) in [5, 5.41) is 3.58. The molecule has 4 heteroatoms. The summed E-state index contributed by atoms with van der Waals surface area (Å²) >= 11 is 0. The summed E-state index contributed by atoms with van der Waals surface area (Å²) in [6, 6.07) is 8.94. The third kappa shape index (κ3) is 4.43. The standard InChI is InChI=1S/C17H26N2O2/c1-3-17(19-7-11-21-12-8-19)4-2-15(1)13-18-14-16-5-9-20-10-6-16/h1-4,16,18H,5-14H2. The van der Waals surface area contributed by atoms with Crippen molar-refractivity contribution in [1.82, 2.24) is 5.32 Å². The summed E-state index contributed by atoms with van der Waals surface area (Å²) in [5.41, 5.74) is 2.67. The monoisotopic (exact) mass is 290 g/mol. The van der Waals surface area contributed by atoms with Crippen LogP contribution in [0.3, 0.4) is 0 Å². The van der Waals surface area contributed by atoms with Gasteiger partial charge in [-0.05, 0) is 43.0 Å². The van der Waals surface area contributed by atoms with Crippen LogP contribution in [0.2, 0.25) is 0 Å². The van der Waals surface area contributed by atoms with E-state index in [4.69, 9.17) is 9.47 Å². The van der Waals surface area contributed by atoms with Crippen LogP contribution in [-0.2, 0) is 16.0 Å². The molecule has 2 aliphatic heterocycles. The highest BCUT2D eigenvalue weighted by molar-refractivity contribution is 5.47. The molecule has 3 rings (SSSR count). The number of benzene rings is 1. The van der Waals surface area contributed by atoms with Gasteiger partial charge >= 0.3 is 0 Å². The average Bonchev–Trinajstić information content (AvgIpc) is 2.57. The Balaban J connectivity index is 1.43. The number of rotatable bonds is 5. The predicted octanol–water partition coefficient (Wildman–Crippen LogP) is 2.04. The normalized spacial score (nSPS) is 20.7. The largest absolute Gasteiger partial charge is 0.381 e. The molecular weight excluding hydrogens is 264 g/mol. The summed E-state index contributed by atoms with van der Waals surface area (Å²) in [6.45, 7) is 7.61. The molecule has 21 heavy (non-hydrogen) atoms. The van der Waals surface area contributed by atoms with Crippen molar-refractivity contribution in [3.8, 4) is 0 Å². The van der Waals surface area contributed by atoms with E-state index < -0.39 is 0 Å². The maximum absolute atomic E-state index is 5.40. The van der Waals surface area contributed by atoms with Gasteiger partial charge in [-0.1, -0.05) is 12.1 Å². The van der Waals surface area contributed by atoms with E-state index in [1.807, 2.05) is 0 Å². The van der Waals surface area contributed by atoms with Crippen LogP contribution in [0, 0.1) is 5.92 Å². The Morgan fingerprint density at radius 2 is 1.62 bits per heavy atom. The van der Waals surface area contributed by atoms with Crippen molar-refractivity contribution in [2.75, 3.05) is 51.0 Å². The molecule has 2 aliphatic rings. The molecule has 1 aromatic rings. The van der Waals surface area contributed by atoms with Crippen molar-refractivity contribution >= 4 is 5.69 Å². The summed E-state index contributed by atoms with van der Waals surface area (Å²) in [5.74, 6) is 0.784. The Hall–Kier alpha value is -1.10. The van der Waals surface area contributed by atoms with Crippen LogP contribution in [-0.4, -0.2) is 46.1 Å². The van der Waals surface area contributed by atoms with Gasteiger partial charge in [-0.15, -0.1) is 0 Å². The van der Waals surface area contributed by atoms with E-state index in [-0.39, 0.29) is 0 Å². The molecule has 0 radical (unpaired) electrons. The summed E-state index contributed by atoms with van der Waals surface area (Å²) in [4.78, 5) is 2.39. The van der Waals surface area contributed by atoms with Crippen LogP contribution < -0.4 is 10.2 Å². The Morgan fingerprint density at radius 1 is 0.952 bits per heavy atom. The van der Waals surface area contributed by atoms with Crippen molar-refractivity contribution in [3.05, 3.63) is 29.8 Å². The second kappa shape index (κ2) is 7.78. The molecule has 0 unspecified atom stereocenters. The third-order valence-corrected chi connectivity index (χ3v) is 4.42. The van der Waals surface area contributed by atoms with Gasteiger partial charge in [0.05, 0.1) is 13.2 Å². The molecule has 2 saturated heterocycles. The second-order valence-corrected chi connectivity index (χ2v) is 5.95. The van der Waals surface area contributed by atoms with Crippen molar-refractivity contribution in [3.63, 3.8) is 0 Å². The highest BCUT2D eigenvalue weighted by atomic mass is 16.5. The van der Waals surface area contributed by atoms with Gasteiger partial charge in [-0.3, -0.25) is 0 Å². The molecule has 0 amide bonds. The molecule has 0 atom stereocenters. The molecule has 1 aromatic carbocycles. The van der Waals surface area contributed by atoms with Crippen LogP contribution in [0.4, 0.5) is 5.69 Å². The Morgan fingerprint density at radius 3 is 2.33 bits per heavy atom. The maximum Gasteiger partial charge on any atom is 0.0642 e. The van der Waals surface area contributed by atoms with E-state index in [0.717, 1.165) is 58.5 Å². The molecule has 116 valence electrons. The lowest BCUT2D eigenvalue weighted by molar-refractivity contribution is 0.0662. The first kappa shape index (κ1) is 14.8. The Kier molecular flexibility index (Phi) is 5.49. The van der Waals surface area contributed by atoms with Crippen LogP contribution in [0.1, 0.15) is 18.4 Å². The van der Waals surface area contributed by atoms with Crippen molar-refractivity contribution < 1.29 is 9.47 Å². The highest BCUT2D eigenvalue weighted by Gasteiger charge is 2.13. The Bertz CT molecular complexity index is 409. The number of ether oxygens (including phenoxy) is 2. The minimum absolute atomic E-state index is 0.784. The van der Waals surface area contributed by atoms with E-state index >= 15 is 0 Å². The van der Waals surface area contributed by atoms with Crippen LogP contribution >= 0.6 is 0 Å². The molecule has 0 aromatic heterocycles. The minimum Gasteiger partial charge on any atom is -0.381 e. The van der Waals surface area contributed by atoms with E-state index in [1.54, 1.807) is 0 Å². The summed E-state index contributed by atoms with van der Waals surface area (Å²) < 4.78 is 10.8. The number of hydrogen-bond donors (Lipinski definition) is 1. The topological polar surface area (TPSA) is 33.7 Å². The fourth-order valence-corrected chi connectivity index (χ4v) is 3.02. The highest BCUT2D eigenvalue weighted by Crippen LogP contribution is 2.17. The van der Waals surface area contributed by atoms with Gasteiger partial charge in [0, 0.05) is 38.5 Å². The fraction of sp³-hybridized carbons (Fsp3) is 0.647. The van der Waals surface area contributed by atoms with E-state index in [9.17, 15) is 0 Å². The molecule has 0 aliphatic carbocycles. The molecule has 1 N–H and O–H groups in total. The van der Waals surface area contributed by atoms with Gasteiger partial charge in [-0.2, -0.15) is 0 Å². The van der Waals surface area contributed by atoms with Gasteiger partial charge in [0.15, 0.2) is 0 Å². The van der Waals surface area contributed by atoms with Gasteiger partial charge in [-0.25, -0.2) is 0 Å². The van der Waals surface area contributed by atoms with Gasteiger partial charge in [0.1, 0.15) is 0 Å². The Labute approximate surface area is 127 Å². The van der Waals surface area contributed by atoms with E-state index in [2.05, 4.69) is 34.5 Å². The van der Waals surface area contributed by atoms with E-state index in [1.165, 1.54) is 24.1 Å². The number of nitrogens with one attached hydrogen (secondary N) is 1. The van der Waals surface area contributed by atoms with Gasteiger partial charge < -0.3 is 19.7 Å². The van der Waals surface area contributed by atoms with E-state index in [0.29, 0.717) is 0 Å². The average molecular weight is 290 g/mol. The number of nitrogens with zero attached hydrogens (tertiary/aromatic N) is 1. The zero-order valence-corrected chi connectivity index (χ0v) is 12.7. The lowest BCUT2D eigenvalue weighted by Gasteiger charge is -2.29. The molecule has 0 saturated carbocycles. The second-order valence-electron chi connectivity index (χ2n) is 5.95. The lowest BCUT2D eigenvalue weighted by atomic mass is 10.0.